The molecule has 0 radical (unpaired) electrons. The first kappa shape index (κ1) is 25.7. The highest BCUT2D eigenvalue weighted by Crippen LogP contribution is 2.33. The lowest BCUT2D eigenvalue weighted by molar-refractivity contribution is -0.117. The van der Waals surface area contributed by atoms with Crippen LogP contribution in [0.3, 0.4) is 0 Å². The van der Waals surface area contributed by atoms with E-state index in [0.29, 0.717) is 42.9 Å². The lowest BCUT2D eigenvalue weighted by Gasteiger charge is -2.41. The van der Waals surface area contributed by atoms with Crippen LogP contribution in [0.15, 0.2) is 60.0 Å². The maximum Gasteiger partial charge on any atom is 0.251 e. The minimum absolute atomic E-state index is 0.115. The van der Waals surface area contributed by atoms with Crippen molar-refractivity contribution < 1.29 is 27.5 Å². The smallest absolute Gasteiger partial charge is 0.251 e. The van der Waals surface area contributed by atoms with Gasteiger partial charge in [0.05, 0.1) is 4.90 Å². The quantitative estimate of drug-likeness (QED) is 0.525. The Morgan fingerprint density at radius 2 is 1.72 bits per heavy atom. The van der Waals surface area contributed by atoms with Crippen LogP contribution in [0.1, 0.15) is 42.6 Å². The van der Waals surface area contributed by atoms with Crippen LogP contribution in [-0.4, -0.2) is 56.0 Å². The van der Waals surface area contributed by atoms with E-state index >= 15 is 0 Å². The van der Waals surface area contributed by atoms with Gasteiger partial charge >= 0.3 is 0 Å². The molecule has 1 fully saturated rings. The van der Waals surface area contributed by atoms with Crippen LogP contribution in [0.25, 0.3) is 0 Å². The Kier molecular flexibility index (Phi) is 7.65. The number of carbonyl (C=O) groups is 2. The first-order valence-electron chi connectivity index (χ1n) is 11.9. The van der Waals surface area contributed by atoms with Crippen molar-refractivity contribution in [3.8, 4) is 11.5 Å². The molecule has 2 aliphatic heterocycles. The highest BCUT2D eigenvalue weighted by molar-refractivity contribution is 7.89. The highest BCUT2D eigenvalue weighted by Gasteiger charge is 2.39. The van der Waals surface area contributed by atoms with Crippen LogP contribution in [0, 0.1) is 0 Å². The molecule has 0 spiro atoms. The molecule has 2 N–H and O–H groups in total. The number of ether oxygens (including phenoxy) is 2. The third kappa shape index (κ3) is 5.55. The number of nitrogens with zero attached hydrogens (tertiary/aromatic N) is 1. The van der Waals surface area contributed by atoms with Crippen LogP contribution in [0.4, 0.5) is 0 Å². The lowest BCUT2D eigenvalue weighted by Crippen LogP contribution is -2.54. The van der Waals surface area contributed by atoms with Crippen molar-refractivity contribution in [2.75, 3.05) is 13.3 Å². The van der Waals surface area contributed by atoms with Gasteiger partial charge in [-0.25, -0.2) is 8.42 Å². The molecule has 2 aromatic carbocycles. The maximum absolute atomic E-state index is 13.4. The standard InChI is InChI=1S/C26H31N3O6S/c1-4-25(30)28-21-13-17(2)29(18(3)14-21)36(32,33)22-8-6-20(7-9-22)26(31)27-12-11-19-5-10-23-24(15-19)35-16-34-23/h4-10,15,17-18,21H,1,11-14,16H2,2-3H3,(H,27,31)(H,28,30). The molecule has 0 bridgehead atoms. The molecule has 192 valence electrons. The van der Waals surface area contributed by atoms with Crippen molar-refractivity contribution in [3.05, 3.63) is 66.2 Å². The van der Waals surface area contributed by atoms with Gasteiger partial charge in [-0.3, -0.25) is 9.59 Å². The Hall–Kier alpha value is -3.37. The Balaban J connectivity index is 1.35. The SMILES string of the molecule is C=CC(=O)NC1CC(C)N(S(=O)(=O)c2ccc(C(=O)NCCc3ccc4c(c3)OCO4)cc2)C(C)C1. The molecule has 2 unspecified atom stereocenters. The second-order valence-corrected chi connectivity index (χ2v) is 11.0. The average molecular weight is 514 g/mol. The van der Waals surface area contributed by atoms with Crippen molar-refractivity contribution in [3.63, 3.8) is 0 Å². The average Bonchev–Trinajstić information content (AvgIpc) is 3.31. The summed E-state index contributed by atoms with van der Waals surface area (Å²) in [5.74, 6) is 0.871. The summed E-state index contributed by atoms with van der Waals surface area (Å²) in [4.78, 5) is 24.4. The summed E-state index contributed by atoms with van der Waals surface area (Å²) in [6.07, 6.45) is 2.85. The summed E-state index contributed by atoms with van der Waals surface area (Å²) in [5, 5.41) is 5.73. The van der Waals surface area contributed by atoms with Crippen molar-refractivity contribution in [1.29, 1.82) is 0 Å². The zero-order chi connectivity index (χ0) is 25.9. The maximum atomic E-state index is 13.4. The molecule has 2 amide bonds. The summed E-state index contributed by atoms with van der Waals surface area (Å²) in [6, 6.07) is 10.9. The van der Waals surface area contributed by atoms with Crippen molar-refractivity contribution in [1.82, 2.24) is 14.9 Å². The molecule has 2 heterocycles. The molecule has 0 saturated carbocycles. The summed E-state index contributed by atoms with van der Waals surface area (Å²) in [7, 11) is -3.77. The van der Waals surface area contributed by atoms with E-state index in [2.05, 4.69) is 17.2 Å². The molecule has 9 nitrogen and oxygen atoms in total. The van der Waals surface area contributed by atoms with Gasteiger partial charge in [-0.15, -0.1) is 0 Å². The molecule has 1 saturated heterocycles. The molecule has 4 rings (SSSR count). The Morgan fingerprint density at radius 3 is 2.39 bits per heavy atom. The predicted molar refractivity (Wildman–Crippen MR) is 134 cm³/mol. The van der Waals surface area contributed by atoms with Crippen LogP contribution >= 0.6 is 0 Å². The topological polar surface area (TPSA) is 114 Å². The number of hydrogen-bond acceptors (Lipinski definition) is 6. The van der Waals surface area contributed by atoms with E-state index in [4.69, 9.17) is 9.47 Å². The number of amides is 2. The van der Waals surface area contributed by atoms with Gasteiger partial charge in [-0.1, -0.05) is 12.6 Å². The molecular weight excluding hydrogens is 482 g/mol. The highest BCUT2D eigenvalue weighted by atomic mass is 32.2. The fraction of sp³-hybridized carbons (Fsp3) is 0.385. The molecular formula is C26H31N3O6S. The van der Waals surface area contributed by atoms with E-state index in [1.807, 2.05) is 32.0 Å². The van der Waals surface area contributed by atoms with E-state index in [0.717, 1.165) is 5.56 Å². The van der Waals surface area contributed by atoms with Gasteiger partial charge in [0.1, 0.15) is 0 Å². The number of nitrogens with one attached hydrogen (secondary N) is 2. The van der Waals surface area contributed by atoms with E-state index in [1.54, 1.807) is 0 Å². The number of benzene rings is 2. The minimum Gasteiger partial charge on any atom is -0.454 e. The van der Waals surface area contributed by atoms with E-state index < -0.39 is 10.0 Å². The normalized spacial score (nSPS) is 21.6. The van der Waals surface area contributed by atoms with Gasteiger partial charge in [0.2, 0.25) is 22.7 Å². The largest absolute Gasteiger partial charge is 0.454 e. The van der Waals surface area contributed by atoms with E-state index in [1.165, 1.54) is 34.6 Å². The Labute approximate surface area is 211 Å². The molecule has 36 heavy (non-hydrogen) atoms. The van der Waals surface area contributed by atoms with Gasteiger partial charge < -0.3 is 20.1 Å². The number of sulfonamides is 1. The summed E-state index contributed by atoms with van der Waals surface area (Å²) >= 11 is 0. The predicted octanol–water partition coefficient (Wildman–Crippen LogP) is 2.62. The van der Waals surface area contributed by atoms with E-state index in [-0.39, 0.29) is 41.6 Å². The molecule has 2 aromatic rings. The lowest BCUT2D eigenvalue weighted by atomic mass is 9.95. The van der Waals surface area contributed by atoms with Gasteiger partial charge in [-0.2, -0.15) is 4.31 Å². The van der Waals surface area contributed by atoms with Crippen LogP contribution in [-0.2, 0) is 21.2 Å². The third-order valence-corrected chi connectivity index (χ3v) is 8.62. The second-order valence-electron chi connectivity index (χ2n) is 9.13. The number of fused-ring (bicyclic) bond motifs is 1. The number of hydrogen-bond donors (Lipinski definition) is 2. The van der Waals surface area contributed by atoms with Crippen molar-refractivity contribution in [2.24, 2.45) is 0 Å². The van der Waals surface area contributed by atoms with Gasteiger partial charge in [0, 0.05) is 30.2 Å². The van der Waals surface area contributed by atoms with Gasteiger partial charge in [0.15, 0.2) is 11.5 Å². The number of carbonyl (C=O) groups excluding carboxylic acids is 2. The Bertz CT molecular complexity index is 1230. The molecule has 10 heteroatoms. The second kappa shape index (κ2) is 10.7. The summed E-state index contributed by atoms with van der Waals surface area (Å²) < 4.78 is 38.9. The van der Waals surface area contributed by atoms with E-state index in [9.17, 15) is 18.0 Å². The molecule has 2 aliphatic rings. The van der Waals surface area contributed by atoms with Crippen LogP contribution < -0.4 is 20.1 Å². The van der Waals surface area contributed by atoms with Gasteiger partial charge in [0.25, 0.3) is 5.91 Å². The first-order valence-corrected chi connectivity index (χ1v) is 13.4. The van der Waals surface area contributed by atoms with Crippen molar-refractivity contribution in [2.45, 2.75) is 56.1 Å². The number of piperidine rings is 1. The first-order chi connectivity index (χ1) is 17.2. The molecule has 0 aliphatic carbocycles. The zero-order valence-corrected chi connectivity index (χ0v) is 21.2. The molecule has 2 atom stereocenters. The fourth-order valence-corrected chi connectivity index (χ4v) is 6.68. The van der Waals surface area contributed by atoms with Gasteiger partial charge in [-0.05, 0) is 81.1 Å². The number of rotatable bonds is 8. The summed E-state index contributed by atoms with van der Waals surface area (Å²) in [5.41, 5.74) is 1.39. The molecule has 0 aromatic heterocycles. The fourth-order valence-electron chi connectivity index (χ4n) is 4.83. The van der Waals surface area contributed by atoms with Crippen molar-refractivity contribution >= 4 is 21.8 Å². The summed E-state index contributed by atoms with van der Waals surface area (Å²) in [6.45, 7) is 7.77. The third-order valence-electron chi connectivity index (χ3n) is 6.48. The minimum atomic E-state index is -3.77. The zero-order valence-electron chi connectivity index (χ0n) is 20.4. The van der Waals surface area contributed by atoms with Crippen LogP contribution in [0.5, 0.6) is 11.5 Å². The monoisotopic (exact) mass is 513 g/mol. The Morgan fingerprint density at radius 1 is 1.06 bits per heavy atom. The van der Waals surface area contributed by atoms with Crippen LogP contribution in [0.2, 0.25) is 0 Å².